The first-order valence-electron chi connectivity index (χ1n) is 10.6. The van der Waals surface area contributed by atoms with E-state index in [0.717, 1.165) is 36.9 Å². The van der Waals surface area contributed by atoms with Gasteiger partial charge in [0.15, 0.2) is 5.69 Å². The lowest BCUT2D eigenvalue weighted by Gasteiger charge is -2.29. The van der Waals surface area contributed by atoms with Crippen molar-refractivity contribution >= 4 is 5.91 Å². The first-order valence-corrected chi connectivity index (χ1v) is 10.6. The molecule has 0 spiro atoms. The van der Waals surface area contributed by atoms with Gasteiger partial charge in [-0.2, -0.15) is 14.8 Å². The van der Waals surface area contributed by atoms with Gasteiger partial charge in [-0.25, -0.2) is 4.68 Å². The van der Waals surface area contributed by atoms with E-state index in [-0.39, 0.29) is 36.0 Å². The quantitative estimate of drug-likeness (QED) is 0.544. The van der Waals surface area contributed by atoms with Gasteiger partial charge in [-0.15, -0.1) is 0 Å². The van der Waals surface area contributed by atoms with Crippen LogP contribution in [0.15, 0.2) is 12.4 Å². The zero-order valence-electron chi connectivity index (χ0n) is 17.5. The zero-order chi connectivity index (χ0) is 21.2. The topological polar surface area (TPSA) is 116 Å². The average molecular weight is 413 g/mol. The Labute approximate surface area is 174 Å². The number of carbonyl (C=O) groups excluding carboxylic acids is 1. The van der Waals surface area contributed by atoms with Gasteiger partial charge in [0.25, 0.3) is 11.8 Å². The summed E-state index contributed by atoms with van der Waals surface area (Å²) in [6.45, 7) is 5.75. The van der Waals surface area contributed by atoms with Crippen molar-refractivity contribution < 1.29 is 19.4 Å². The first-order chi connectivity index (χ1) is 14.2. The summed E-state index contributed by atoms with van der Waals surface area (Å²) >= 11 is 0. The number of fused-ring (bicyclic) bond motifs is 3. The molecule has 2 heterocycles. The molecule has 3 aliphatic rings. The molecule has 2 aromatic heterocycles. The summed E-state index contributed by atoms with van der Waals surface area (Å²) in [5.74, 6) is 1.21. The third kappa shape index (κ3) is 3.40. The van der Waals surface area contributed by atoms with E-state index >= 15 is 0 Å². The third-order valence-corrected chi connectivity index (χ3v) is 6.25. The van der Waals surface area contributed by atoms with Crippen molar-refractivity contribution in [3.8, 4) is 11.7 Å². The van der Waals surface area contributed by atoms with Gasteiger partial charge in [0.1, 0.15) is 6.10 Å². The molecule has 5 rings (SSSR count). The van der Waals surface area contributed by atoms with Crippen LogP contribution in [-0.4, -0.2) is 44.5 Å². The third-order valence-electron chi connectivity index (χ3n) is 6.25. The van der Waals surface area contributed by atoms with Crippen LogP contribution in [0.2, 0.25) is 0 Å². The fraction of sp³-hybridized carbons (Fsp3) is 0.619. The molecule has 30 heavy (non-hydrogen) atoms. The van der Waals surface area contributed by atoms with Crippen molar-refractivity contribution in [2.75, 3.05) is 6.61 Å². The zero-order valence-corrected chi connectivity index (χ0v) is 17.5. The van der Waals surface area contributed by atoms with E-state index in [1.165, 1.54) is 12.4 Å². The summed E-state index contributed by atoms with van der Waals surface area (Å²) in [5, 5.41) is 29.4. The lowest BCUT2D eigenvalue weighted by atomic mass is 9.87. The lowest BCUT2D eigenvalue weighted by Crippen LogP contribution is -2.46. The highest BCUT2D eigenvalue weighted by atomic mass is 16.5. The SMILES string of the molecule is CC(C)(C)C(CO)NC(=O)c1nn(-c2c[n+]([O-])cc(OC3CC3)n2)c2c1C[C@@H]1C[C@H]21. The molecule has 0 aliphatic heterocycles. The maximum atomic E-state index is 13.1. The number of carbonyl (C=O) groups is 1. The Kier molecular flexibility index (Phi) is 4.29. The van der Waals surface area contributed by atoms with Gasteiger partial charge < -0.3 is 20.4 Å². The minimum atomic E-state index is -0.390. The summed E-state index contributed by atoms with van der Waals surface area (Å²) in [5.41, 5.74) is 1.96. The largest absolute Gasteiger partial charge is 0.618 e. The van der Waals surface area contributed by atoms with Crippen molar-refractivity contribution in [2.45, 2.75) is 64.5 Å². The summed E-state index contributed by atoms with van der Waals surface area (Å²) in [6, 6.07) is -0.390. The molecule has 3 atom stereocenters. The van der Waals surface area contributed by atoms with Gasteiger partial charge in [-0.3, -0.25) is 4.79 Å². The van der Waals surface area contributed by atoms with Gasteiger partial charge in [-0.05, 0) is 37.0 Å². The van der Waals surface area contributed by atoms with Gasteiger partial charge >= 0.3 is 0 Å². The van der Waals surface area contributed by atoms with E-state index in [9.17, 15) is 15.1 Å². The first kappa shape index (κ1) is 19.3. The van der Waals surface area contributed by atoms with E-state index in [0.29, 0.717) is 28.1 Å². The van der Waals surface area contributed by atoms with Crippen LogP contribution < -0.4 is 14.8 Å². The van der Waals surface area contributed by atoms with Crippen LogP contribution in [0.3, 0.4) is 0 Å². The highest BCUT2D eigenvalue weighted by Crippen LogP contribution is 2.57. The number of amides is 1. The number of rotatable bonds is 6. The van der Waals surface area contributed by atoms with E-state index in [2.05, 4.69) is 15.4 Å². The summed E-state index contributed by atoms with van der Waals surface area (Å²) in [4.78, 5) is 17.6. The summed E-state index contributed by atoms with van der Waals surface area (Å²) in [6.07, 6.45) is 6.60. The fourth-order valence-corrected chi connectivity index (χ4v) is 4.18. The molecule has 0 bridgehead atoms. The van der Waals surface area contributed by atoms with Crippen LogP contribution in [-0.2, 0) is 6.42 Å². The Hall–Kier alpha value is -2.68. The molecule has 0 saturated heterocycles. The van der Waals surface area contributed by atoms with Crippen LogP contribution in [0.1, 0.15) is 67.7 Å². The van der Waals surface area contributed by atoms with Crippen molar-refractivity contribution in [1.82, 2.24) is 20.1 Å². The van der Waals surface area contributed by atoms with Gasteiger partial charge in [0, 0.05) is 11.5 Å². The number of nitrogens with one attached hydrogen (secondary N) is 1. The average Bonchev–Trinajstić information content (AvgIpc) is 3.56. The fourth-order valence-electron chi connectivity index (χ4n) is 4.18. The van der Waals surface area contributed by atoms with Crippen LogP contribution in [0, 0.1) is 16.5 Å². The van der Waals surface area contributed by atoms with Crippen LogP contribution in [0.4, 0.5) is 0 Å². The molecule has 0 radical (unpaired) electrons. The van der Waals surface area contributed by atoms with Crippen molar-refractivity contribution in [1.29, 1.82) is 0 Å². The standard InChI is InChI=1S/C21H27N5O4/c1-21(2,3)15(10-27)22-20(28)18-14-7-11-6-13(11)19(14)26(24-18)16-8-25(29)9-17(23-16)30-12-4-5-12/h8-9,11-13,15,27H,4-7,10H2,1-3H3,(H,22,28)/t11-,13-,15?/m0/s1. The molecule has 9 heteroatoms. The van der Waals surface area contributed by atoms with E-state index in [1.54, 1.807) is 4.68 Å². The molecular weight excluding hydrogens is 386 g/mol. The van der Waals surface area contributed by atoms with Gasteiger partial charge in [0.05, 0.1) is 18.3 Å². The number of aliphatic hydroxyl groups is 1. The molecule has 1 amide bonds. The number of hydrogen-bond acceptors (Lipinski definition) is 6. The highest BCUT2D eigenvalue weighted by molar-refractivity contribution is 5.94. The van der Waals surface area contributed by atoms with Crippen LogP contribution in [0.25, 0.3) is 5.82 Å². The second-order valence-corrected chi connectivity index (χ2v) is 9.75. The Morgan fingerprint density at radius 2 is 2.20 bits per heavy atom. The highest BCUT2D eigenvalue weighted by Gasteiger charge is 2.50. The van der Waals surface area contributed by atoms with Gasteiger partial charge in [-0.1, -0.05) is 20.8 Å². The number of ether oxygens (including phenoxy) is 1. The summed E-state index contributed by atoms with van der Waals surface area (Å²) in [7, 11) is 0. The Morgan fingerprint density at radius 3 is 2.87 bits per heavy atom. The smallest absolute Gasteiger partial charge is 0.283 e. The van der Waals surface area contributed by atoms with Crippen molar-refractivity contribution in [2.24, 2.45) is 11.3 Å². The Morgan fingerprint density at radius 1 is 1.43 bits per heavy atom. The van der Waals surface area contributed by atoms with Crippen molar-refractivity contribution in [3.05, 3.63) is 34.6 Å². The second kappa shape index (κ2) is 6.66. The molecule has 2 saturated carbocycles. The molecule has 2 N–H and O–H groups in total. The predicted octanol–water partition coefficient (Wildman–Crippen LogP) is 1.24. The molecule has 2 fully saturated rings. The van der Waals surface area contributed by atoms with E-state index in [4.69, 9.17) is 4.74 Å². The minimum Gasteiger partial charge on any atom is -0.618 e. The van der Waals surface area contributed by atoms with E-state index < -0.39 is 0 Å². The van der Waals surface area contributed by atoms with Crippen LogP contribution >= 0.6 is 0 Å². The number of aliphatic hydroxyl groups excluding tert-OH is 1. The minimum absolute atomic E-state index is 0.123. The number of aromatic nitrogens is 4. The summed E-state index contributed by atoms with van der Waals surface area (Å²) < 4.78 is 8.02. The monoisotopic (exact) mass is 413 g/mol. The molecule has 1 unspecified atom stereocenters. The molecule has 9 nitrogen and oxygen atoms in total. The van der Waals surface area contributed by atoms with Crippen LogP contribution in [0.5, 0.6) is 5.88 Å². The molecule has 0 aromatic carbocycles. The molecular formula is C21H27N5O4. The number of hydrogen-bond donors (Lipinski definition) is 2. The molecule has 160 valence electrons. The van der Waals surface area contributed by atoms with Crippen molar-refractivity contribution in [3.63, 3.8) is 0 Å². The molecule has 3 aliphatic carbocycles. The Bertz CT molecular complexity index is 1010. The number of nitrogens with zero attached hydrogens (tertiary/aromatic N) is 4. The normalized spacial score (nSPS) is 22.9. The van der Waals surface area contributed by atoms with E-state index in [1.807, 2.05) is 20.8 Å². The molecule has 2 aromatic rings. The maximum absolute atomic E-state index is 13.1. The maximum Gasteiger partial charge on any atom is 0.283 e. The Balaban J connectivity index is 1.51. The predicted molar refractivity (Wildman–Crippen MR) is 106 cm³/mol. The lowest BCUT2D eigenvalue weighted by molar-refractivity contribution is -0.606. The van der Waals surface area contributed by atoms with Gasteiger partial charge in [0.2, 0.25) is 18.2 Å². The second-order valence-electron chi connectivity index (χ2n) is 9.75.